The van der Waals surface area contributed by atoms with Crippen LogP contribution in [-0.4, -0.2) is 43.2 Å². The molecule has 0 aromatic heterocycles. The number of hydrazone groups is 1. The second kappa shape index (κ2) is 8.49. The van der Waals surface area contributed by atoms with Crippen molar-refractivity contribution in [1.29, 1.82) is 0 Å². The zero-order valence-corrected chi connectivity index (χ0v) is 15.5. The smallest absolute Gasteiger partial charge is 0.307 e. The van der Waals surface area contributed by atoms with E-state index in [1.54, 1.807) is 7.05 Å². The molecule has 0 N–H and O–H groups in total. The molecule has 0 aliphatic carbocycles. The fourth-order valence-corrected chi connectivity index (χ4v) is 3.08. The molecule has 2 aromatic carbocycles. The van der Waals surface area contributed by atoms with Crippen LogP contribution in [0, 0.1) is 0 Å². The highest BCUT2D eigenvalue weighted by atomic mass is 16.5. The van der Waals surface area contributed by atoms with Gasteiger partial charge in [0.05, 0.1) is 25.3 Å². The summed E-state index contributed by atoms with van der Waals surface area (Å²) in [6.07, 6.45) is 0.677. The molecule has 6 nitrogen and oxygen atoms in total. The molecule has 140 valence electrons. The van der Waals surface area contributed by atoms with Gasteiger partial charge in [0.15, 0.2) is 0 Å². The summed E-state index contributed by atoms with van der Waals surface area (Å²) in [5.74, 6) is -0.505. The van der Waals surface area contributed by atoms with Gasteiger partial charge in [-0.1, -0.05) is 48.5 Å². The van der Waals surface area contributed by atoms with Gasteiger partial charge in [0.1, 0.15) is 5.71 Å². The van der Waals surface area contributed by atoms with Crippen LogP contribution in [0.25, 0.3) is 0 Å². The molecule has 0 saturated heterocycles. The number of carbonyl (C=O) groups is 2. The highest BCUT2D eigenvalue weighted by molar-refractivity contribution is 6.39. The van der Waals surface area contributed by atoms with Gasteiger partial charge < -0.3 is 9.64 Å². The predicted molar refractivity (Wildman–Crippen MR) is 104 cm³/mol. The van der Waals surface area contributed by atoms with Crippen molar-refractivity contribution in [3.8, 4) is 0 Å². The largest absolute Gasteiger partial charge is 0.469 e. The molecule has 0 spiro atoms. The predicted octanol–water partition coefficient (Wildman–Crippen LogP) is 3.02. The number of amides is 1. The van der Waals surface area contributed by atoms with Crippen LogP contribution < -0.4 is 5.01 Å². The summed E-state index contributed by atoms with van der Waals surface area (Å²) in [5, 5.41) is 6.53. The molecule has 0 bridgehead atoms. The van der Waals surface area contributed by atoms with E-state index in [2.05, 4.69) is 9.84 Å². The van der Waals surface area contributed by atoms with E-state index in [0.717, 1.165) is 11.3 Å². The first-order valence-electron chi connectivity index (χ1n) is 8.89. The minimum Gasteiger partial charge on any atom is -0.469 e. The lowest BCUT2D eigenvalue weighted by Crippen LogP contribution is -2.34. The Balaban J connectivity index is 1.82. The summed E-state index contributed by atoms with van der Waals surface area (Å²) in [6.45, 7) is 0.297. The maximum Gasteiger partial charge on any atom is 0.307 e. The van der Waals surface area contributed by atoms with Gasteiger partial charge in [-0.2, -0.15) is 5.10 Å². The summed E-state index contributed by atoms with van der Waals surface area (Å²) < 4.78 is 4.64. The number of benzene rings is 2. The number of para-hydroxylation sites is 1. The minimum atomic E-state index is -0.337. The van der Waals surface area contributed by atoms with Gasteiger partial charge in [-0.25, -0.2) is 0 Å². The van der Waals surface area contributed by atoms with E-state index in [-0.39, 0.29) is 24.3 Å². The second-order valence-corrected chi connectivity index (χ2v) is 6.41. The van der Waals surface area contributed by atoms with Crippen LogP contribution in [0.4, 0.5) is 5.69 Å². The summed E-state index contributed by atoms with van der Waals surface area (Å²) >= 11 is 0. The van der Waals surface area contributed by atoms with Gasteiger partial charge in [0.2, 0.25) is 0 Å². The molecule has 1 heterocycles. The van der Waals surface area contributed by atoms with E-state index in [4.69, 9.17) is 0 Å². The number of nitrogens with zero attached hydrogens (tertiary/aromatic N) is 3. The molecule has 6 heteroatoms. The van der Waals surface area contributed by atoms with E-state index in [9.17, 15) is 9.59 Å². The first-order valence-corrected chi connectivity index (χ1v) is 8.89. The van der Waals surface area contributed by atoms with Crippen molar-refractivity contribution in [3.63, 3.8) is 0 Å². The van der Waals surface area contributed by atoms with Crippen molar-refractivity contribution in [3.05, 3.63) is 66.2 Å². The summed E-state index contributed by atoms with van der Waals surface area (Å²) in [7, 11) is 3.02. The third-order valence-electron chi connectivity index (χ3n) is 4.59. The molecule has 0 fully saturated rings. The average molecular weight is 365 g/mol. The number of anilines is 1. The Morgan fingerprint density at radius 2 is 1.74 bits per heavy atom. The topological polar surface area (TPSA) is 62.2 Å². The zero-order chi connectivity index (χ0) is 19.2. The van der Waals surface area contributed by atoms with E-state index in [1.165, 1.54) is 12.0 Å². The van der Waals surface area contributed by atoms with Crippen LogP contribution in [-0.2, 0) is 14.3 Å². The van der Waals surface area contributed by atoms with E-state index < -0.39 is 0 Å². The van der Waals surface area contributed by atoms with Crippen LogP contribution in [0.5, 0.6) is 0 Å². The van der Waals surface area contributed by atoms with Gasteiger partial charge in [-0.05, 0) is 17.7 Å². The van der Waals surface area contributed by atoms with Crippen LogP contribution in [0.3, 0.4) is 0 Å². The van der Waals surface area contributed by atoms with Crippen molar-refractivity contribution in [2.45, 2.75) is 18.9 Å². The molecule has 1 atom stereocenters. The number of hydrogen-bond donors (Lipinski definition) is 0. The zero-order valence-electron chi connectivity index (χ0n) is 15.5. The Labute approximate surface area is 159 Å². The summed E-state index contributed by atoms with van der Waals surface area (Å²) in [6, 6.07) is 19.8. The fraction of sp³-hybridized carbons (Fsp3) is 0.286. The Bertz CT molecular complexity index is 821. The highest BCUT2D eigenvalue weighted by Crippen LogP contribution is 2.35. The second-order valence-electron chi connectivity index (χ2n) is 6.41. The average Bonchev–Trinajstić information content (AvgIpc) is 3.18. The number of methoxy groups -OCH3 is 1. The molecule has 3 rings (SSSR count). The molecule has 0 saturated carbocycles. The Kier molecular flexibility index (Phi) is 5.86. The number of hydrogen-bond acceptors (Lipinski definition) is 5. The Hall–Kier alpha value is -3.15. The maximum absolute atomic E-state index is 12.8. The number of ether oxygens (including phenoxy) is 1. The molecule has 1 amide bonds. The van der Waals surface area contributed by atoms with Gasteiger partial charge >= 0.3 is 5.97 Å². The third kappa shape index (κ3) is 4.34. The quantitative estimate of drug-likeness (QED) is 0.738. The lowest BCUT2D eigenvalue weighted by Gasteiger charge is -2.23. The number of esters is 1. The lowest BCUT2D eigenvalue weighted by molar-refractivity contribution is -0.141. The molecule has 2 aromatic rings. The van der Waals surface area contributed by atoms with Crippen LogP contribution in [0.1, 0.15) is 24.4 Å². The SMILES string of the molecule is COC(=O)CCN(C)C(=O)C1=NN(c2ccccc2)C(c2ccccc2)C1. The molecule has 1 unspecified atom stereocenters. The lowest BCUT2D eigenvalue weighted by atomic mass is 10.0. The van der Waals surface area contributed by atoms with E-state index in [0.29, 0.717) is 18.7 Å². The standard InChI is InChI=1S/C21H23N3O3/c1-23(14-13-20(25)27-2)21(26)18-15-19(16-9-5-3-6-10-16)24(22-18)17-11-7-4-8-12-17/h3-12,19H,13-15H2,1-2H3. The van der Waals surface area contributed by atoms with Crippen molar-refractivity contribution in [1.82, 2.24) is 4.90 Å². The summed E-state index contributed by atoms with van der Waals surface area (Å²) in [4.78, 5) is 25.7. The maximum atomic E-state index is 12.8. The van der Waals surface area contributed by atoms with Gasteiger partial charge in [-0.3, -0.25) is 14.6 Å². The van der Waals surface area contributed by atoms with Crippen LogP contribution >= 0.6 is 0 Å². The monoisotopic (exact) mass is 365 g/mol. The molecule has 0 radical (unpaired) electrons. The Morgan fingerprint density at radius 1 is 1.11 bits per heavy atom. The van der Waals surface area contributed by atoms with Gasteiger partial charge in [-0.15, -0.1) is 0 Å². The third-order valence-corrected chi connectivity index (χ3v) is 4.59. The normalized spacial score (nSPS) is 16.0. The molecular weight excluding hydrogens is 342 g/mol. The molecule has 1 aliphatic heterocycles. The van der Waals surface area contributed by atoms with E-state index in [1.807, 2.05) is 65.7 Å². The van der Waals surface area contributed by atoms with Crippen molar-refractivity contribution < 1.29 is 14.3 Å². The van der Waals surface area contributed by atoms with Crippen LogP contribution in [0.2, 0.25) is 0 Å². The van der Waals surface area contributed by atoms with Crippen LogP contribution in [0.15, 0.2) is 65.8 Å². The van der Waals surface area contributed by atoms with Crippen molar-refractivity contribution in [2.75, 3.05) is 25.7 Å². The first kappa shape index (κ1) is 18.6. The van der Waals surface area contributed by atoms with Crippen molar-refractivity contribution in [2.24, 2.45) is 5.10 Å². The van der Waals surface area contributed by atoms with Crippen molar-refractivity contribution >= 4 is 23.3 Å². The van der Waals surface area contributed by atoms with Gasteiger partial charge in [0, 0.05) is 20.0 Å². The number of rotatable bonds is 6. The first-order chi connectivity index (χ1) is 13.1. The minimum absolute atomic E-state index is 0.0402. The fourth-order valence-electron chi connectivity index (χ4n) is 3.08. The number of carbonyl (C=O) groups excluding carboxylic acids is 2. The van der Waals surface area contributed by atoms with E-state index >= 15 is 0 Å². The Morgan fingerprint density at radius 3 is 2.37 bits per heavy atom. The molecule has 1 aliphatic rings. The summed E-state index contributed by atoms with van der Waals surface area (Å²) in [5.41, 5.74) is 2.52. The highest BCUT2D eigenvalue weighted by Gasteiger charge is 2.33. The molecular formula is C21H23N3O3. The van der Waals surface area contributed by atoms with Gasteiger partial charge in [0.25, 0.3) is 5.91 Å². The molecule has 27 heavy (non-hydrogen) atoms.